The summed E-state index contributed by atoms with van der Waals surface area (Å²) in [6.45, 7) is 2.79. The highest BCUT2D eigenvalue weighted by molar-refractivity contribution is 5.86. The molecule has 2 aliphatic heterocycles. The van der Waals surface area contributed by atoms with E-state index in [0.717, 1.165) is 42.7 Å². The Morgan fingerprint density at radius 2 is 1.90 bits per heavy atom. The Kier molecular flexibility index (Phi) is 5.99. The SMILES string of the molecule is CN(Cc1ccncc1)C(=O)CN1Cc2ccccc2NC2(CCNCC2)CC1=O. The average molecular weight is 408 g/mol. The maximum atomic E-state index is 13.3. The van der Waals surface area contributed by atoms with E-state index in [9.17, 15) is 9.59 Å². The molecule has 4 rings (SSSR count). The van der Waals surface area contributed by atoms with Crippen molar-refractivity contribution in [3.05, 3.63) is 59.9 Å². The third-order valence-electron chi connectivity index (χ3n) is 6.10. The van der Waals surface area contributed by atoms with E-state index in [2.05, 4.69) is 21.7 Å². The Balaban J connectivity index is 1.52. The molecule has 0 aliphatic carbocycles. The third kappa shape index (κ3) is 4.62. The predicted octanol–water partition coefficient (Wildman–Crippen LogP) is 2.01. The lowest BCUT2D eigenvalue weighted by atomic mass is 9.83. The monoisotopic (exact) mass is 407 g/mol. The number of pyridine rings is 1. The number of aromatic nitrogens is 1. The molecule has 0 saturated carbocycles. The van der Waals surface area contributed by atoms with Crippen molar-refractivity contribution in [2.45, 2.75) is 37.9 Å². The molecule has 7 nitrogen and oxygen atoms in total. The first kappa shape index (κ1) is 20.3. The van der Waals surface area contributed by atoms with Crippen molar-refractivity contribution in [1.29, 1.82) is 0 Å². The summed E-state index contributed by atoms with van der Waals surface area (Å²) >= 11 is 0. The lowest BCUT2D eigenvalue weighted by Gasteiger charge is -2.42. The quantitative estimate of drug-likeness (QED) is 0.811. The number of hydrogen-bond donors (Lipinski definition) is 2. The van der Waals surface area contributed by atoms with Gasteiger partial charge < -0.3 is 20.4 Å². The van der Waals surface area contributed by atoms with Gasteiger partial charge in [-0.05, 0) is 55.3 Å². The Labute approximate surface area is 177 Å². The van der Waals surface area contributed by atoms with Gasteiger partial charge in [0.1, 0.15) is 6.54 Å². The zero-order valence-electron chi connectivity index (χ0n) is 17.4. The summed E-state index contributed by atoms with van der Waals surface area (Å²) in [5, 5.41) is 7.07. The molecular formula is C23H29N5O2. The van der Waals surface area contributed by atoms with Crippen molar-refractivity contribution < 1.29 is 9.59 Å². The number of benzene rings is 1. The molecule has 0 bridgehead atoms. The van der Waals surface area contributed by atoms with Gasteiger partial charge >= 0.3 is 0 Å². The van der Waals surface area contributed by atoms with Gasteiger partial charge in [0.2, 0.25) is 11.8 Å². The van der Waals surface area contributed by atoms with E-state index in [1.165, 1.54) is 0 Å². The van der Waals surface area contributed by atoms with Gasteiger partial charge in [-0.3, -0.25) is 14.6 Å². The van der Waals surface area contributed by atoms with Crippen LogP contribution in [0.4, 0.5) is 5.69 Å². The Bertz CT molecular complexity index is 895. The molecule has 0 atom stereocenters. The zero-order valence-corrected chi connectivity index (χ0v) is 17.4. The number of nitrogens with zero attached hydrogens (tertiary/aromatic N) is 3. The number of fused-ring (bicyclic) bond motifs is 1. The van der Waals surface area contributed by atoms with Gasteiger partial charge in [-0.15, -0.1) is 0 Å². The van der Waals surface area contributed by atoms with Crippen molar-refractivity contribution in [2.24, 2.45) is 0 Å². The standard InChI is InChI=1S/C23H29N5O2/c1-27(15-18-6-10-24-11-7-18)22(30)17-28-16-19-4-2-3-5-20(19)26-23(14-21(28)29)8-12-25-13-9-23/h2-7,10-11,25-26H,8-9,12-17H2,1H3. The van der Waals surface area contributed by atoms with Crippen molar-refractivity contribution in [3.8, 4) is 0 Å². The Morgan fingerprint density at radius 1 is 1.17 bits per heavy atom. The molecule has 2 aliphatic rings. The van der Waals surface area contributed by atoms with E-state index in [1.807, 2.05) is 30.3 Å². The first-order chi connectivity index (χ1) is 14.5. The molecule has 7 heteroatoms. The van der Waals surface area contributed by atoms with Crippen LogP contribution in [0, 0.1) is 0 Å². The summed E-state index contributed by atoms with van der Waals surface area (Å²) in [6, 6.07) is 11.9. The molecule has 2 N–H and O–H groups in total. The number of piperidine rings is 1. The molecule has 0 radical (unpaired) electrons. The van der Waals surface area contributed by atoms with Crippen molar-refractivity contribution >= 4 is 17.5 Å². The van der Waals surface area contributed by atoms with Crippen molar-refractivity contribution in [3.63, 3.8) is 0 Å². The van der Waals surface area contributed by atoms with Crippen LogP contribution in [0.3, 0.4) is 0 Å². The molecular weight excluding hydrogens is 378 g/mol. The topological polar surface area (TPSA) is 77.6 Å². The van der Waals surface area contributed by atoms with Crippen LogP contribution in [-0.2, 0) is 22.7 Å². The molecule has 0 unspecified atom stereocenters. The molecule has 1 aromatic heterocycles. The largest absolute Gasteiger partial charge is 0.379 e. The van der Waals surface area contributed by atoms with Crippen LogP contribution in [0.25, 0.3) is 0 Å². The Hall–Kier alpha value is -2.93. The van der Waals surface area contributed by atoms with Crippen LogP contribution in [0.1, 0.15) is 30.4 Å². The third-order valence-corrected chi connectivity index (χ3v) is 6.10. The zero-order chi connectivity index (χ0) is 21.0. The molecule has 1 fully saturated rings. The van der Waals surface area contributed by atoms with Gasteiger partial charge in [-0.2, -0.15) is 0 Å². The minimum atomic E-state index is -0.261. The first-order valence-electron chi connectivity index (χ1n) is 10.5. The number of carbonyl (C=O) groups is 2. The fourth-order valence-electron chi connectivity index (χ4n) is 4.29. The van der Waals surface area contributed by atoms with Gasteiger partial charge in [0.15, 0.2) is 0 Å². The summed E-state index contributed by atoms with van der Waals surface area (Å²) in [7, 11) is 1.78. The second-order valence-electron chi connectivity index (χ2n) is 8.34. The second kappa shape index (κ2) is 8.83. The number of anilines is 1. The van der Waals surface area contributed by atoms with E-state index < -0.39 is 0 Å². The molecule has 30 heavy (non-hydrogen) atoms. The lowest BCUT2D eigenvalue weighted by Crippen LogP contribution is -2.53. The van der Waals surface area contributed by atoms with Crippen LogP contribution >= 0.6 is 0 Å². The predicted molar refractivity (Wildman–Crippen MR) is 116 cm³/mol. The number of nitrogens with one attached hydrogen (secondary N) is 2. The molecule has 3 heterocycles. The van der Waals surface area contributed by atoms with E-state index in [0.29, 0.717) is 19.5 Å². The fourth-order valence-corrected chi connectivity index (χ4v) is 4.29. The van der Waals surface area contributed by atoms with Gasteiger partial charge in [0.05, 0.1) is 0 Å². The van der Waals surface area contributed by atoms with Gasteiger partial charge in [0, 0.05) is 50.2 Å². The van der Waals surface area contributed by atoms with E-state index in [1.54, 1.807) is 29.2 Å². The van der Waals surface area contributed by atoms with E-state index >= 15 is 0 Å². The highest BCUT2D eigenvalue weighted by atomic mass is 16.2. The Morgan fingerprint density at radius 3 is 2.67 bits per heavy atom. The minimum absolute atomic E-state index is 0.0320. The summed E-state index contributed by atoms with van der Waals surface area (Å²) in [5.74, 6) is -0.0323. The van der Waals surface area contributed by atoms with Crippen molar-refractivity contribution in [2.75, 3.05) is 32.0 Å². The van der Waals surface area contributed by atoms with Gasteiger partial charge in [0.25, 0.3) is 0 Å². The van der Waals surface area contributed by atoms with E-state index in [4.69, 9.17) is 0 Å². The van der Waals surface area contributed by atoms with Gasteiger partial charge in [-0.1, -0.05) is 18.2 Å². The highest BCUT2D eigenvalue weighted by Crippen LogP contribution is 2.33. The smallest absolute Gasteiger partial charge is 0.242 e. The number of rotatable bonds is 4. The molecule has 2 aromatic rings. The lowest BCUT2D eigenvalue weighted by molar-refractivity contribution is -0.141. The maximum Gasteiger partial charge on any atom is 0.242 e. The second-order valence-corrected chi connectivity index (χ2v) is 8.34. The molecule has 1 aromatic carbocycles. The maximum absolute atomic E-state index is 13.3. The normalized spacial score (nSPS) is 18.2. The van der Waals surface area contributed by atoms with Crippen molar-refractivity contribution in [1.82, 2.24) is 20.1 Å². The summed E-state index contributed by atoms with van der Waals surface area (Å²) < 4.78 is 0. The number of carbonyl (C=O) groups excluding carboxylic acids is 2. The van der Waals surface area contributed by atoms with E-state index in [-0.39, 0.29) is 23.9 Å². The number of amides is 2. The minimum Gasteiger partial charge on any atom is -0.379 e. The van der Waals surface area contributed by atoms with Crippen LogP contribution < -0.4 is 10.6 Å². The van der Waals surface area contributed by atoms with Crippen LogP contribution in [0.15, 0.2) is 48.8 Å². The van der Waals surface area contributed by atoms with Crippen LogP contribution in [0.2, 0.25) is 0 Å². The van der Waals surface area contributed by atoms with Crippen LogP contribution in [0.5, 0.6) is 0 Å². The average Bonchev–Trinajstić information content (AvgIpc) is 2.75. The number of hydrogen-bond acceptors (Lipinski definition) is 5. The van der Waals surface area contributed by atoms with Crippen LogP contribution in [-0.4, -0.2) is 58.8 Å². The highest BCUT2D eigenvalue weighted by Gasteiger charge is 2.38. The number of likely N-dealkylation sites (N-methyl/N-ethyl adjacent to an activating group) is 1. The van der Waals surface area contributed by atoms with Gasteiger partial charge in [-0.25, -0.2) is 0 Å². The first-order valence-corrected chi connectivity index (χ1v) is 10.5. The summed E-state index contributed by atoms with van der Waals surface area (Å²) in [5.41, 5.74) is 2.87. The molecule has 1 saturated heterocycles. The molecule has 1 spiro atoms. The summed E-state index contributed by atoms with van der Waals surface area (Å²) in [6.07, 6.45) is 5.62. The fraction of sp³-hybridized carbons (Fsp3) is 0.435. The molecule has 158 valence electrons. The number of para-hydroxylation sites is 1. The summed E-state index contributed by atoms with van der Waals surface area (Å²) in [4.78, 5) is 33.6. The molecule has 2 amide bonds.